The number of nitrogens with one attached hydrogen (secondary N) is 1. The second kappa shape index (κ2) is 4.38. The van der Waals surface area contributed by atoms with Crippen LogP contribution in [0.3, 0.4) is 0 Å². The number of likely N-dealkylation sites (N-methyl/N-ethyl adjacent to an activating group) is 1. The zero-order chi connectivity index (χ0) is 12.3. The van der Waals surface area contributed by atoms with Crippen LogP contribution in [0, 0.1) is 0 Å². The molecule has 1 aromatic heterocycles. The first-order chi connectivity index (χ1) is 7.34. The number of hydrogen-bond donors (Lipinski definition) is 1. The fourth-order valence-electron chi connectivity index (χ4n) is 1.08. The van der Waals surface area contributed by atoms with Gasteiger partial charge in [-0.15, -0.1) is 0 Å². The fraction of sp³-hybridized carbons (Fsp3) is 0.333. The molecule has 16 heavy (non-hydrogen) atoms. The van der Waals surface area contributed by atoms with E-state index in [0.717, 1.165) is 12.3 Å². The van der Waals surface area contributed by atoms with Crippen molar-refractivity contribution in [1.29, 1.82) is 0 Å². The molecule has 0 bridgehead atoms. The van der Waals surface area contributed by atoms with Gasteiger partial charge in [-0.2, -0.15) is 13.2 Å². The highest BCUT2D eigenvalue weighted by Crippen LogP contribution is 2.21. The molecular weight excluding hydrogens is 225 g/mol. The Hall–Kier alpha value is -1.79. The Bertz CT molecular complexity index is 409. The summed E-state index contributed by atoms with van der Waals surface area (Å²) in [6.45, 7) is -0.123. The first-order valence-electron chi connectivity index (χ1n) is 4.32. The Morgan fingerprint density at radius 2 is 2.06 bits per heavy atom. The van der Waals surface area contributed by atoms with Crippen LogP contribution < -0.4 is 5.32 Å². The molecule has 0 saturated heterocycles. The summed E-state index contributed by atoms with van der Waals surface area (Å²) in [5.74, 6) is -2.27. The van der Waals surface area contributed by atoms with E-state index in [2.05, 4.69) is 5.32 Å². The van der Waals surface area contributed by atoms with Gasteiger partial charge in [0.1, 0.15) is 6.54 Å². The van der Waals surface area contributed by atoms with Crippen molar-refractivity contribution in [3.63, 3.8) is 0 Å². The van der Waals surface area contributed by atoms with Crippen molar-refractivity contribution < 1.29 is 22.8 Å². The minimum Gasteiger partial charge on any atom is -0.358 e. The summed E-state index contributed by atoms with van der Waals surface area (Å²) < 4.78 is 37.3. The maximum absolute atomic E-state index is 12.0. The molecule has 7 heteroatoms. The largest absolute Gasteiger partial charge is 0.454 e. The van der Waals surface area contributed by atoms with Crippen molar-refractivity contribution in [2.75, 3.05) is 7.05 Å². The lowest BCUT2D eigenvalue weighted by atomic mass is 10.2. The molecule has 0 aliphatic rings. The third kappa shape index (κ3) is 2.85. The van der Waals surface area contributed by atoms with Gasteiger partial charge in [0.05, 0.1) is 0 Å². The molecule has 88 valence electrons. The maximum atomic E-state index is 12.0. The standard InChI is InChI=1S/C9H9F3N2O2/c1-13-7(15)5-14-3-2-6(4-14)8(16)9(10,11)12/h2-4H,5H2,1H3,(H,13,15). The van der Waals surface area contributed by atoms with Gasteiger partial charge in [-0.25, -0.2) is 0 Å². The first kappa shape index (κ1) is 12.3. The van der Waals surface area contributed by atoms with E-state index in [1.165, 1.54) is 17.8 Å². The van der Waals surface area contributed by atoms with E-state index >= 15 is 0 Å². The van der Waals surface area contributed by atoms with Crippen LogP contribution >= 0.6 is 0 Å². The van der Waals surface area contributed by atoms with E-state index < -0.39 is 17.5 Å². The average molecular weight is 234 g/mol. The Balaban J connectivity index is 2.80. The number of amides is 1. The average Bonchev–Trinajstić information content (AvgIpc) is 2.63. The van der Waals surface area contributed by atoms with Gasteiger partial charge in [-0.1, -0.05) is 0 Å². The van der Waals surface area contributed by atoms with Crippen molar-refractivity contribution in [3.8, 4) is 0 Å². The molecule has 0 fully saturated rings. The van der Waals surface area contributed by atoms with Crippen LogP contribution in [0.5, 0.6) is 0 Å². The number of nitrogens with zero attached hydrogens (tertiary/aromatic N) is 1. The van der Waals surface area contributed by atoms with Crippen LogP contribution in [0.25, 0.3) is 0 Å². The van der Waals surface area contributed by atoms with Gasteiger partial charge in [-0.3, -0.25) is 9.59 Å². The van der Waals surface area contributed by atoms with Gasteiger partial charge in [0.15, 0.2) is 0 Å². The predicted octanol–water partition coefficient (Wildman–Crippen LogP) is 0.979. The van der Waals surface area contributed by atoms with Crippen molar-refractivity contribution in [2.24, 2.45) is 0 Å². The number of halogens is 3. The molecule has 0 atom stereocenters. The summed E-state index contributed by atoms with van der Waals surface area (Å²) in [6.07, 6.45) is -2.65. The number of Topliss-reactive ketones (excluding diaryl/α,β-unsaturated/α-hetero) is 1. The molecule has 1 N–H and O–H groups in total. The first-order valence-corrected chi connectivity index (χ1v) is 4.32. The highest BCUT2D eigenvalue weighted by molar-refractivity contribution is 6.00. The topological polar surface area (TPSA) is 51.1 Å². The van der Waals surface area contributed by atoms with Crippen LogP contribution in [0.4, 0.5) is 13.2 Å². The van der Waals surface area contributed by atoms with E-state index in [-0.39, 0.29) is 12.5 Å². The van der Waals surface area contributed by atoms with Gasteiger partial charge in [0.25, 0.3) is 5.78 Å². The normalized spacial score (nSPS) is 11.2. The van der Waals surface area contributed by atoms with Gasteiger partial charge < -0.3 is 9.88 Å². The van der Waals surface area contributed by atoms with Crippen LogP contribution in [0.2, 0.25) is 0 Å². The summed E-state index contributed by atoms with van der Waals surface area (Å²) in [5, 5.41) is 2.32. The quantitative estimate of drug-likeness (QED) is 0.792. The molecule has 0 aromatic carbocycles. The molecule has 0 spiro atoms. The summed E-state index contributed by atoms with van der Waals surface area (Å²) in [6, 6.07) is 1.03. The van der Waals surface area contributed by atoms with Gasteiger partial charge in [0, 0.05) is 25.0 Å². The molecule has 4 nitrogen and oxygen atoms in total. The van der Waals surface area contributed by atoms with E-state index in [9.17, 15) is 22.8 Å². The number of alkyl halides is 3. The van der Waals surface area contributed by atoms with E-state index in [4.69, 9.17) is 0 Å². The van der Waals surface area contributed by atoms with Crippen molar-refractivity contribution in [2.45, 2.75) is 12.7 Å². The molecule has 0 saturated carbocycles. The third-order valence-electron chi connectivity index (χ3n) is 1.88. The molecule has 0 aliphatic heterocycles. The van der Waals surface area contributed by atoms with Gasteiger partial charge >= 0.3 is 6.18 Å². The van der Waals surface area contributed by atoms with E-state index in [1.54, 1.807) is 0 Å². The van der Waals surface area contributed by atoms with Crippen molar-refractivity contribution in [3.05, 3.63) is 24.0 Å². The van der Waals surface area contributed by atoms with E-state index in [0.29, 0.717) is 0 Å². The molecule has 1 rings (SSSR count). The zero-order valence-corrected chi connectivity index (χ0v) is 8.34. The van der Waals surface area contributed by atoms with E-state index in [1.807, 2.05) is 0 Å². The highest BCUT2D eigenvalue weighted by Gasteiger charge is 2.39. The van der Waals surface area contributed by atoms with Crippen LogP contribution in [-0.4, -0.2) is 29.5 Å². The Morgan fingerprint density at radius 3 is 2.56 bits per heavy atom. The summed E-state index contributed by atoms with van der Waals surface area (Å²) in [4.78, 5) is 21.7. The number of carbonyl (C=O) groups is 2. The number of carbonyl (C=O) groups excluding carboxylic acids is 2. The molecule has 0 aliphatic carbocycles. The predicted molar refractivity (Wildman–Crippen MR) is 48.9 cm³/mol. The highest BCUT2D eigenvalue weighted by atomic mass is 19.4. The van der Waals surface area contributed by atoms with Crippen LogP contribution in [-0.2, 0) is 11.3 Å². The third-order valence-corrected chi connectivity index (χ3v) is 1.88. The fourth-order valence-corrected chi connectivity index (χ4v) is 1.08. The lowest BCUT2D eigenvalue weighted by Crippen LogP contribution is -2.23. The van der Waals surface area contributed by atoms with Crippen LogP contribution in [0.1, 0.15) is 10.4 Å². The minimum absolute atomic E-state index is 0.123. The van der Waals surface area contributed by atoms with Crippen LogP contribution in [0.15, 0.2) is 18.5 Å². The molecule has 0 radical (unpaired) electrons. The maximum Gasteiger partial charge on any atom is 0.454 e. The molecular formula is C9H9F3N2O2. The summed E-state index contributed by atoms with van der Waals surface area (Å²) in [5.41, 5.74) is -0.476. The lowest BCUT2D eigenvalue weighted by molar-refractivity contribution is -0.121. The monoisotopic (exact) mass is 234 g/mol. The molecule has 0 unspecified atom stereocenters. The molecule has 1 heterocycles. The summed E-state index contributed by atoms with van der Waals surface area (Å²) in [7, 11) is 1.41. The second-order valence-electron chi connectivity index (χ2n) is 3.07. The number of aromatic nitrogens is 1. The number of hydrogen-bond acceptors (Lipinski definition) is 2. The molecule has 1 aromatic rings. The van der Waals surface area contributed by atoms with Crippen molar-refractivity contribution >= 4 is 11.7 Å². The summed E-state index contributed by atoms with van der Waals surface area (Å²) >= 11 is 0. The van der Waals surface area contributed by atoms with Gasteiger partial charge in [-0.05, 0) is 6.07 Å². The minimum atomic E-state index is -4.89. The number of rotatable bonds is 3. The zero-order valence-electron chi connectivity index (χ0n) is 8.34. The number of ketones is 1. The van der Waals surface area contributed by atoms with Gasteiger partial charge in [0.2, 0.25) is 5.91 Å². The molecule has 1 amide bonds. The SMILES string of the molecule is CNC(=O)Cn1ccc(C(=O)C(F)(F)F)c1. The smallest absolute Gasteiger partial charge is 0.358 e. The van der Waals surface area contributed by atoms with Crippen molar-refractivity contribution in [1.82, 2.24) is 9.88 Å². The Labute approximate surface area is 89.0 Å². The second-order valence-corrected chi connectivity index (χ2v) is 3.07. The lowest BCUT2D eigenvalue weighted by Gasteiger charge is -2.02. The Morgan fingerprint density at radius 1 is 1.44 bits per heavy atom. The Kier molecular flexibility index (Phi) is 3.36.